The molecule has 0 aromatic heterocycles. The Kier molecular flexibility index (Phi) is 5.21. The Bertz CT molecular complexity index is 714. The number of hydrogen-bond donors (Lipinski definition) is 3. The van der Waals surface area contributed by atoms with E-state index in [0.29, 0.717) is 23.8 Å². The van der Waals surface area contributed by atoms with E-state index in [1.54, 1.807) is 12.2 Å². The SMILES string of the molecule is CCCCOC1=CC(=Nc2ccc(N)c(C)c2C)C(N)=CC1=N. The van der Waals surface area contributed by atoms with Crippen molar-refractivity contribution in [3.8, 4) is 0 Å². The average molecular weight is 312 g/mol. The summed E-state index contributed by atoms with van der Waals surface area (Å²) in [7, 11) is 0. The molecule has 0 radical (unpaired) electrons. The van der Waals surface area contributed by atoms with E-state index in [9.17, 15) is 0 Å². The number of nitrogen functional groups attached to an aromatic ring is 1. The van der Waals surface area contributed by atoms with Gasteiger partial charge in [-0.25, -0.2) is 4.99 Å². The van der Waals surface area contributed by atoms with Crippen LogP contribution >= 0.6 is 0 Å². The molecule has 0 amide bonds. The van der Waals surface area contributed by atoms with Crippen molar-refractivity contribution >= 4 is 22.8 Å². The first-order chi connectivity index (χ1) is 10.9. The highest BCUT2D eigenvalue weighted by atomic mass is 16.5. The summed E-state index contributed by atoms with van der Waals surface area (Å²) in [4.78, 5) is 4.63. The van der Waals surface area contributed by atoms with Crippen molar-refractivity contribution in [3.05, 3.63) is 46.9 Å². The second kappa shape index (κ2) is 7.13. The summed E-state index contributed by atoms with van der Waals surface area (Å²) in [5.74, 6) is 0.510. The number of hydrogen-bond acceptors (Lipinski definition) is 5. The molecule has 1 aromatic rings. The summed E-state index contributed by atoms with van der Waals surface area (Å²) in [6.07, 6.45) is 5.31. The Morgan fingerprint density at radius 3 is 2.57 bits per heavy atom. The van der Waals surface area contributed by atoms with Gasteiger partial charge in [-0.15, -0.1) is 0 Å². The molecule has 0 atom stereocenters. The van der Waals surface area contributed by atoms with E-state index in [2.05, 4.69) is 11.9 Å². The largest absolute Gasteiger partial charge is 0.491 e. The van der Waals surface area contributed by atoms with E-state index in [4.69, 9.17) is 21.6 Å². The summed E-state index contributed by atoms with van der Waals surface area (Å²) >= 11 is 0. The molecule has 1 aliphatic carbocycles. The third-order valence-electron chi connectivity index (χ3n) is 3.93. The monoisotopic (exact) mass is 312 g/mol. The molecule has 0 saturated heterocycles. The quantitative estimate of drug-likeness (QED) is 0.440. The van der Waals surface area contributed by atoms with Gasteiger partial charge in [-0.05, 0) is 49.6 Å². The van der Waals surface area contributed by atoms with Gasteiger partial charge in [0.15, 0.2) is 0 Å². The maximum atomic E-state index is 7.96. The van der Waals surface area contributed by atoms with Gasteiger partial charge in [0.2, 0.25) is 0 Å². The second-order valence-corrected chi connectivity index (χ2v) is 5.64. The molecule has 0 fully saturated rings. The van der Waals surface area contributed by atoms with Gasteiger partial charge >= 0.3 is 0 Å². The molecule has 5 N–H and O–H groups in total. The smallest absolute Gasteiger partial charge is 0.146 e. The number of unbranched alkanes of at least 4 members (excludes halogenated alkanes) is 1. The van der Waals surface area contributed by atoms with E-state index in [-0.39, 0.29) is 5.71 Å². The molecule has 23 heavy (non-hydrogen) atoms. The van der Waals surface area contributed by atoms with Crippen molar-refractivity contribution in [1.29, 1.82) is 5.41 Å². The highest BCUT2D eigenvalue weighted by Crippen LogP contribution is 2.27. The standard InChI is InChI=1S/C18H24N4O/c1-4-5-8-23-18-10-17(14(20)9-15(18)21)22-16-7-6-13(19)11(2)12(16)3/h6-7,9-10,21H,4-5,8,19-20H2,1-3H3. The number of rotatable bonds is 5. The van der Waals surface area contributed by atoms with Crippen LogP contribution < -0.4 is 11.5 Å². The highest BCUT2D eigenvalue weighted by molar-refractivity contribution is 6.22. The van der Waals surface area contributed by atoms with Gasteiger partial charge < -0.3 is 16.2 Å². The van der Waals surface area contributed by atoms with E-state index >= 15 is 0 Å². The van der Waals surface area contributed by atoms with Crippen molar-refractivity contribution < 1.29 is 4.74 Å². The number of nitrogens with two attached hydrogens (primary N) is 2. The van der Waals surface area contributed by atoms with Crippen LogP contribution in [0.2, 0.25) is 0 Å². The maximum Gasteiger partial charge on any atom is 0.146 e. The van der Waals surface area contributed by atoms with Crippen LogP contribution in [-0.2, 0) is 4.74 Å². The summed E-state index contributed by atoms with van der Waals surface area (Å²) in [6, 6.07) is 3.72. The zero-order valence-corrected chi connectivity index (χ0v) is 13.9. The Balaban J connectivity index is 2.34. The first-order valence-corrected chi connectivity index (χ1v) is 7.79. The number of nitrogens with one attached hydrogen (secondary N) is 1. The summed E-state index contributed by atoms with van der Waals surface area (Å²) < 4.78 is 5.66. The molecule has 0 unspecified atom stereocenters. The number of benzene rings is 1. The van der Waals surface area contributed by atoms with Crippen molar-refractivity contribution in [3.63, 3.8) is 0 Å². The molecule has 0 heterocycles. The Hall–Kier alpha value is -2.56. The zero-order chi connectivity index (χ0) is 17.0. The van der Waals surface area contributed by atoms with Crippen LogP contribution in [-0.4, -0.2) is 18.0 Å². The first-order valence-electron chi connectivity index (χ1n) is 7.79. The van der Waals surface area contributed by atoms with Crippen LogP contribution in [0.5, 0.6) is 0 Å². The molecule has 0 aliphatic heterocycles. The normalized spacial score (nSPS) is 16.3. The summed E-state index contributed by atoms with van der Waals surface area (Å²) in [6.45, 7) is 6.64. The summed E-state index contributed by atoms with van der Waals surface area (Å²) in [5.41, 5.74) is 16.9. The van der Waals surface area contributed by atoms with E-state index < -0.39 is 0 Å². The molecule has 2 rings (SSSR count). The minimum absolute atomic E-state index is 0.280. The molecule has 1 aromatic carbocycles. The molecular weight excluding hydrogens is 288 g/mol. The fourth-order valence-electron chi connectivity index (χ4n) is 2.21. The van der Waals surface area contributed by atoms with Crippen molar-refractivity contribution in [1.82, 2.24) is 0 Å². The van der Waals surface area contributed by atoms with Crippen molar-refractivity contribution in [2.45, 2.75) is 33.6 Å². The third kappa shape index (κ3) is 3.80. The molecular formula is C18H24N4O. The first kappa shape index (κ1) is 16.8. The predicted molar refractivity (Wildman–Crippen MR) is 96.4 cm³/mol. The van der Waals surface area contributed by atoms with E-state index in [1.807, 2.05) is 26.0 Å². The van der Waals surface area contributed by atoms with Crippen molar-refractivity contribution in [2.75, 3.05) is 12.3 Å². The van der Waals surface area contributed by atoms with Crippen LogP contribution in [0.4, 0.5) is 11.4 Å². The highest BCUT2D eigenvalue weighted by Gasteiger charge is 2.16. The van der Waals surface area contributed by atoms with Crippen LogP contribution in [0.25, 0.3) is 0 Å². The lowest BCUT2D eigenvalue weighted by Crippen LogP contribution is -2.20. The summed E-state index contributed by atoms with van der Waals surface area (Å²) in [5, 5.41) is 7.96. The Morgan fingerprint density at radius 2 is 1.87 bits per heavy atom. The minimum atomic E-state index is 0.280. The molecule has 0 bridgehead atoms. The van der Waals surface area contributed by atoms with Gasteiger partial charge in [-0.1, -0.05) is 13.3 Å². The number of aliphatic imine (C=N–C) groups is 1. The van der Waals surface area contributed by atoms with Crippen LogP contribution in [0, 0.1) is 19.3 Å². The molecule has 0 spiro atoms. The fraction of sp³-hybridized carbons (Fsp3) is 0.333. The zero-order valence-electron chi connectivity index (χ0n) is 13.9. The molecule has 0 saturated carbocycles. The average Bonchev–Trinajstić information content (AvgIpc) is 2.52. The molecule has 5 heteroatoms. The Labute approximate surface area is 137 Å². The van der Waals surface area contributed by atoms with Crippen molar-refractivity contribution in [2.24, 2.45) is 10.7 Å². The van der Waals surface area contributed by atoms with Crippen LogP contribution in [0.1, 0.15) is 30.9 Å². The predicted octanol–water partition coefficient (Wildman–Crippen LogP) is 3.53. The fourth-order valence-corrected chi connectivity index (χ4v) is 2.21. The van der Waals surface area contributed by atoms with Gasteiger partial charge in [-0.2, -0.15) is 0 Å². The molecule has 1 aliphatic rings. The van der Waals surface area contributed by atoms with Crippen LogP contribution in [0.15, 0.2) is 40.7 Å². The lowest BCUT2D eigenvalue weighted by molar-refractivity contribution is 0.226. The third-order valence-corrected chi connectivity index (χ3v) is 3.93. The number of allylic oxidation sites excluding steroid dienone is 2. The van der Waals surface area contributed by atoms with E-state index in [0.717, 1.165) is 35.3 Å². The van der Waals surface area contributed by atoms with Gasteiger partial charge in [0, 0.05) is 11.8 Å². The Morgan fingerprint density at radius 1 is 1.13 bits per heavy atom. The van der Waals surface area contributed by atoms with Gasteiger partial charge in [0.25, 0.3) is 0 Å². The number of nitrogens with zero attached hydrogens (tertiary/aromatic N) is 1. The van der Waals surface area contributed by atoms with Crippen LogP contribution in [0.3, 0.4) is 0 Å². The number of anilines is 1. The van der Waals surface area contributed by atoms with Gasteiger partial charge in [0.05, 0.1) is 29.4 Å². The lowest BCUT2D eigenvalue weighted by atomic mass is 10.0. The lowest BCUT2D eigenvalue weighted by Gasteiger charge is -2.16. The van der Waals surface area contributed by atoms with E-state index in [1.165, 1.54) is 0 Å². The van der Waals surface area contributed by atoms with Gasteiger partial charge in [-0.3, -0.25) is 5.41 Å². The minimum Gasteiger partial charge on any atom is -0.491 e. The van der Waals surface area contributed by atoms with Gasteiger partial charge in [0.1, 0.15) is 5.76 Å². The number of ether oxygens (including phenoxy) is 1. The molecule has 122 valence electrons. The maximum absolute atomic E-state index is 7.96. The molecule has 5 nitrogen and oxygen atoms in total. The second-order valence-electron chi connectivity index (χ2n) is 5.64. The topological polar surface area (TPSA) is 97.5 Å².